The zero-order valence-corrected chi connectivity index (χ0v) is 42.2. The molecular formula is C53H69N11O3. The van der Waals surface area contributed by atoms with E-state index in [0.717, 1.165) is 67.9 Å². The van der Waals surface area contributed by atoms with Gasteiger partial charge in [0.1, 0.15) is 6.33 Å². The molecule has 0 aromatic carbocycles. The molecule has 3 N–H and O–H groups in total. The second kappa shape index (κ2) is 31.3. The SMILES string of the molecule is Cc1[nH]ccc(=O)c1C.Cc1ccc(=O)[nH]c1C.Cc1cccnc1C.Cc1cccnc1C.Cc1ccncc1C.Cc1cncnc1C.Cc1ncc(=O)[nH]c1C.Cc1nccnc1C. The lowest BCUT2D eigenvalue weighted by Crippen LogP contribution is -2.08. The minimum atomic E-state index is -0.141. The highest BCUT2D eigenvalue weighted by molar-refractivity contribution is 5.20. The first-order valence-corrected chi connectivity index (χ1v) is 21.6. The Kier molecular flexibility index (Phi) is 26.8. The van der Waals surface area contributed by atoms with E-state index in [4.69, 9.17) is 0 Å². The number of aryl methyl sites for hydroxylation is 15. The maximum absolute atomic E-state index is 10.8. The van der Waals surface area contributed by atoms with Gasteiger partial charge >= 0.3 is 0 Å². The average molecular weight is 908 g/mol. The maximum Gasteiger partial charge on any atom is 0.266 e. The summed E-state index contributed by atoms with van der Waals surface area (Å²) < 4.78 is 0. The number of hydrogen-bond acceptors (Lipinski definition) is 11. The van der Waals surface area contributed by atoms with E-state index in [1.807, 2.05) is 138 Å². The van der Waals surface area contributed by atoms with Gasteiger partial charge in [-0.2, -0.15) is 0 Å². The molecule has 0 saturated heterocycles. The van der Waals surface area contributed by atoms with Gasteiger partial charge in [-0.05, 0) is 162 Å². The highest BCUT2D eigenvalue weighted by Gasteiger charge is 1.94. The van der Waals surface area contributed by atoms with E-state index < -0.39 is 0 Å². The number of aromatic nitrogens is 11. The summed E-state index contributed by atoms with van der Waals surface area (Å²) in [6, 6.07) is 14.9. The lowest BCUT2D eigenvalue weighted by atomic mass is 10.2. The number of aromatic amines is 3. The van der Waals surface area contributed by atoms with E-state index in [1.54, 1.807) is 24.9 Å². The monoisotopic (exact) mass is 908 g/mol. The van der Waals surface area contributed by atoms with Crippen molar-refractivity contribution in [2.45, 2.75) is 111 Å². The van der Waals surface area contributed by atoms with Crippen LogP contribution in [0.25, 0.3) is 0 Å². The number of pyridine rings is 5. The van der Waals surface area contributed by atoms with Crippen molar-refractivity contribution >= 4 is 0 Å². The number of rotatable bonds is 0. The van der Waals surface area contributed by atoms with E-state index in [1.165, 1.54) is 40.6 Å². The van der Waals surface area contributed by atoms with Crippen LogP contribution in [0.3, 0.4) is 0 Å². The van der Waals surface area contributed by atoms with Gasteiger partial charge in [0.05, 0.1) is 23.3 Å². The Balaban J connectivity index is 0.000000383. The van der Waals surface area contributed by atoms with Crippen LogP contribution in [-0.2, 0) is 0 Å². The van der Waals surface area contributed by atoms with Crippen LogP contribution in [0.2, 0.25) is 0 Å². The summed E-state index contributed by atoms with van der Waals surface area (Å²) in [5.74, 6) is 0. The minimum absolute atomic E-state index is 0.0295. The summed E-state index contributed by atoms with van der Waals surface area (Å²) >= 11 is 0. The quantitative estimate of drug-likeness (QED) is 0.131. The Morgan fingerprint density at radius 3 is 1.22 bits per heavy atom. The largest absolute Gasteiger partial charge is 0.365 e. The Labute approximate surface area is 396 Å². The molecule has 67 heavy (non-hydrogen) atoms. The molecule has 0 saturated carbocycles. The zero-order valence-electron chi connectivity index (χ0n) is 42.2. The molecule has 14 nitrogen and oxygen atoms in total. The van der Waals surface area contributed by atoms with Crippen LogP contribution in [-0.4, -0.2) is 54.8 Å². The van der Waals surface area contributed by atoms with Crippen LogP contribution in [0.4, 0.5) is 0 Å². The molecule has 0 spiro atoms. The summed E-state index contributed by atoms with van der Waals surface area (Å²) in [4.78, 5) is 71.9. The third kappa shape index (κ3) is 24.3. The summed E-state index contributed by atoms with van der Waals surface area (Å²) in [5.41, 5.74) is 17.0. The van der Waals surface area contributed by atoms with Crippen molar-refractivity contribution in [3.05, 3.63) is 232 Å². The molecule has 0 aliphatic heterocycles. The van der Waals surface area contributed by atoms with E-state index >= 15 is 0 Å². The highest BCUT2D eigenvalue weighted by Crippen LogP contribution is 2.02. The molecule has 0 radical (unpaired) electrons. The van der Waals surface area contributed by atoms with Crippen LogP contribution in [0.1, 0.15) is 90.2 Å². The van der Waals surface area contributed by atoms with Crippen LogP contribution < -0.4 is 16.5 Å². The van der Waals surface area contributed by atoms with E-state index in [2.05, 4.69) is 94.7 Å². The normalized spacial score (nSPS) is 9.37. The third-order valence-electron chi connectivity index (χ3n) is 10.2. The molecule has 0 aliphatic carbocycles. The van der Waals surface area contributed by atoms with Gasteiger partial charge in [-0.3, -0.25) is 44.3 Å². The molecule has 0 bridgehead atoms. The van der Waals surface area contributed by atoms with Crippen LogP contribution in [0.15, 0.2) is 125 Å². The summed E-state index contributed by atoms with van der Waals surface area (Å²) in [5, 5.41) is 0. The number of nitrogens with one attached hydrogen (secondary N) is 3. The molecule has 8 rings (SSSR count). The molecule has 8 aromatic heterocycles. The molecule has 14 heteroatoms. The second-order valence-electron chi connectivity index (χ2n) is 15.5. The predicted molar refractivity (Wildman–Crippen MR) is 272 cm³/mol. The zero-order chi connectivity index (χ0) is 50.5. The molecule has 8 aromatic rings. The highest BCUT2D eigenvalue weighted by atomic mass is 16.1. The van der Waals surface area contributed by atoms with Crippen LogP contribution in [0.5, 0.6) is 0 Å². The van der Waals surface area contributed by atoms with E-state index in [9.17, 15) is 14.4 Å². The first-order chi connectivity index (χ1) is 31.6. The Hall–Kier alpha value is -7.61. The predicted octanol–water partition coefficient (Wildman–Crippen LogP) is 9.65. The smallest absolute Gasteiger partial charge is 0.266 e. The van der Waals surface area contributed by atoms with Crippen molar-refractivity contribution in [2.75, 3.05) is 0 Å². The fourth-order valence-corrected chi connectivity index (χ4v) is 4.48. The lowest BCUT2D eigenvalue weighted by molar-refractivity contribution is 1.01. The standard InChI is InChI=1S/2C7H9NO.3C7H9N.C6H8N2O.2C6H8N2/c1-5-6(2)8-4-3-7(5)9;1-5-3-4-7(9)8-6(5)2;1-6-3-4-8-5-7(6)2;2*1-6-4-3-5-8-7(6)2;1-4-5(2)8-6(9)3-7-4;1-5-3-7-4-8-6(5)2;1-5-6(2)8-4-3-7-5/h2*3-4H,1-2H3,(H,8,9);3*3-5H,1-2H3;3H,1-2H3,(H,8,9);2*3-4H,1-2H3. The number of hydrogen-bond donors (Lipinski definition) is 3. The van der Waals surface area contributed by atoms with Crippen molar-refractivity contribution < 1.29 is 0 Å². The maximum atomic E-state index is 10.8. The average Bonchev–Trinajstić information content (AvgIpc) is 3.29. The van der Waals surface area contributed by atoms with Gasteiger partial charge in [-0.25, -0.2) is 9.97 Å². The summed E-state index contributed by atoms with van der Waals surface area (Å²) in [7, 11) is 0. The number of H-pyrrole nitrogens is 3. The van der Waals surface area contributed by atoms with Gasteiger partial charge < -0.3 is 15.0 Å². The van der Waals surface area contributed by atoms with Crippen LogP contribution in [0, 0.1) is 111 Å². The molecule has 8 heterocycles. The Bertz CT molecular complexity index is 2450. The van der Waals surface area contributed by atoms with Gasteiger partial charge in [0.2, 0.25) is 5.56 Å². The number of nitrogens with zero attached hydrogens (tertiary/aromatic N) is 8. The Morgan fingerprint density at radius 1 is 0.358 bits per heavy atom. The van der Waals surface area contributed by atoms with Crippen LogP contribution >= 0.6 is 0 Å². The summed E-state index contributed by atoms with van der Waals surface area (Å²) in [6.07, 6.45) is 17.0. The van der Waals surface area contributed by atoms with Crippen molar-refractivity contribution in [1.82, 2.24) is 54.8 Å². The van der Waals surface area contributed by atoms with Gasteiger partial charge in [0, 0.05) is 101 Å². The van der Waals surface area contributed by atoms with Crippen molar-refractivity contribution in [2.24, 2.45) is 0 Å². The summed E-state index contributed by atoms with van der Waals surface area (Å²) in [6.45, 7) is 31.4. The van der Waals surface area contributed by atoms with Gasteiger partial charge in [0.25, 0.3) is 5.56 Å². The molecule has 354 valence electrons. The first kappa shape index (κ1) is 57.4. The lowest BCUT2D eigenvalue weighted by Gasteiger charge is -1.94. The van der Waals surface area contributed by atoms with Gasteiger partial charge in [0.15, 0.2) is 5.43 Å². The van der Waals surface area contributed by atoms with E-state index in [0.29, 0.717) is 0 Å². The van der Waals surface area contributed by atoms with Gasteiger partial charge in [-0.1, -0.05) is 18.2 Å². The topological polar surface area (TPSA) is 202 Å². The first-order valence-electron chi connectivity index (χ1n) is 21.6. The van der Waals surface area contributed by atoms with E-state index in [-0.39, 0.29) is 16.5 Å². The molecule has 0 atom stereocenters. The molecular weight excluding hydrogens is 839 g/mol. The Morgan fingerprint density at radius 2 is 0.881 bits per heavy atom. The molecule has 0 fully saturated rings. The molecule has 0 amide bonds. The fraction of sp³-hybridized carbons (Fsp3) is 0.302. The molecule has 0 aliphatic rings. The van der Waals surface area contributed by atoms with Crippen molar-refractivity contribution in [3.8, 4) is 0 Å². The van der Waals surface area contributed by atoms with Crippen molar-refractivity contribution in [1.29, 1.82) is 0 Å². The van der Waals surface area contributed by atoms with Gasteiger partial charge in [-0.15, -0.1) is 0 Å². The minimum Gasteiger partial charge on any atom is -0.365 e. The second-order valence-corrected chi connectivity index (χ2v) is 15.5. The third-order valence-corrected chi connectivity index (χ3v) is 10.2. The van der Waals surface area contributed by atoms with Crippen molar-refractivity contribution in [3.63, 3.8) is 0 Å². The fourth-order valence-electron chi connectivity index (χ4n) is 4.48. The molecule has 0 unspecified atom stereocenters.